The van der Waals surface area contributed by atoms with E-state index in [1.165, 1.54) is 6.19 Å². The number of nitrogens with two attached hydrogens (primary N) is 1. The molecule has 0 aromatic rings. The number of hydrogen-bond acceptors (Lipinski definition) is 7. The van der Waals surface area contributed by atoms with Crippen molar-refractivity contribution in [3.63, 3.8) is 0 Å². The number of nitrogens with one attached hydrogen (secondary N) is 1. The number of amides is 1. The van der Waals surface area contributed by atoms with Crippen molar-refractivity contribution in [3.8, 4) is 12.4 Å². The maximum Gasteiger partial charge on any atom is 0.303 e. The van der Waals surface area contributed by atoms with E-state index >= 15 is 0 Å². The van der Waals surface area contributed by atoms with Crippen LogP contribution in [0.15, 0.2) is 0 Å². The minimum atomic E-state index is -1.12. The van der Waals surface area contributed by atoms with Gasteiger partial charge in [0.15, 0.2) is 12.4 Å². The van der Waals surface area contributed by atoms with Crippen LogP contribution in [0.4, 0.5) is 0 Å². The minimum Gasteiger partial charge on any atom is -0.616 e. The zero-order valence-corrected chi connectivity index (χ0v) is 19.2. The summed E-state index contributed by atoms with van der Waals surface area (Å²) in [7, 11) is 0. The van der Waals surface area contributed by atoms with E-state index in [2.05, 4.69) is 11.1 Å². The Kier molecular flexibility index (Phi) is 15.5. The average molecular weight is 449 g/mol. The Bertz CT molecular complexity index is 588. The van der Waals surface area contributed by atoms with Gasteiger partial charge in [-0.05, 0) is 46.0 Å². The highest BCUT2D eigenvalue weighted by atomic mass is 32.2. The first-order chi connectivity index (χ1) is 13.3. The molecular weight excluding hydrogens is 416 g/mol. The third-order valence-corrected chi connectivity index (χ3v) is 6.91. The smallest absolute Gasteiger partial charge is 0.303 e. The summed E-state index contributed by atoms with van der Waals surface area (Å²) >= 11 is -2.25. The lowest BCUT2D eigenvalue weighted by molar-refractivity contribution is -0.139. The number of aliphatic carboxylic acids is 1. The molecule has 11 heteroatoms. The van der Waals surface area contributed by atoms with E-state index in [4.69, 9.17) is 15.6 Å². The van der Waals surface area contributed by atoms with Crippen molar-refractivity contribution in [1.82, 2.24) is 5.32 Å². The van der Waals surface area contributed by atoms with Crippen molar-refractivity contribution in [2.45, 2.75) is 53.4 Å². The molecule has 0 saturated heterocycles. The summed E-state index contributed by atoms with van der Waals surface area (Å²) in [6, 6.07) is 0. The van der Waals surface area contributed by atoms with Crippen molar-refractivity contribution in [1.29, 1.82) is 10.5 Å². The maximum absolute atomic E-state index is 12.1. The van der Waals surface area contributed by atoms with Crippen LogP contribution in [0, 0.1) is 33.7 Å². The maximum atomic E-state index is 12.1. The first-order valence-electron chi connectivity index (χ1n) is 8.98. The van der Waals surface area contributed by atoms with Gasteiger partial charge in [0.25, 0.3) is 0 Å². The van der Waals surface area contributed by atoms with Crippen molar-refractivity contribution < 1.29 is 23.8 Å². The van der Waals surface area contributed by atoms with Crippen LogP contribution in [0.5, 0.6) is 0 Å². The number of rotatable bonds is 13. The van der Waals surface area contributed by atoms with Crippen molar-refractivity contribution in [2.75, 3.05) is 23.0 Å². The SMILES string of the molecule is CC(C)(CC[S+]([O-])CC[S+]([O-])CCC(C)(C)CC(=O)NC#N)CC(=O)O.N#CN. The van der Waals surface area contributed by atoms with Gasteiger partial charge in [-0.3, -0.25) is 14.9 Å². The number of carbonyl (C=O) groups is 2. The Morgan fingerprint density at radius 2 is 1.34 bits per heavy atom. The van der Waals surface area contributed by atoms with Gasteiger partial charge in [-0.15, -0.1) is 0 Å². The molecule has 29 heavy (non-hydrogen) atoms. The van der Waals surface area contributed by atoms with E-state index in [0.717, 1.165) is 0 Å². The van der Waals surface area contributed by atoms with Gasteiger partial charge in [0, 0.05) is 6.42 Å². The van der Waals surface area contributed by atoms with Gasteiger partial charge in [0.2, 0.25) is 5.91 Å². The Hall–Kier alpha value is -1.66. The number of nitriles is 2. The molecule has 2 atom stereocenters. The molecule has 4 N–H and O–H groups in total. The molecule has 0 radical (unpaired) electrons. The van der Waals surface area contributed by atoms with Gasteiger partial charge in [0.05, 0.1) is 6.42 Å². The van der Waals surface area contributed by atoms with E-state index in [0.29, 0.717) is 35.9 Å². The van der Waals surface area contributed by atoms with Crippen LogP contribution < -0.4 is 11.1 Å². The van der Waals surface area contributed by atoms with Crippen LogP contribution in [0.1, 0.15) is 53.4 Å². The predicted molar refractivity (Wildman–Crippen MR) is 113 cm³/mol. The summed E-state index contributed by atoms with van der Waals surface area (Å²) in [4.78, 5) is 22.2. The molecule has 166 valence electrons. The second-order valence-electron chi connectivity index (χ2n) is 8.06. The molecule has 1 amide bonds. The van der Waals surface area contributed by atoms with E-state index < -0.39 is 33.7 Å². The van der Waals surface area contributed by atoms with Crippen LogP contribution in [0.3, 0.4) is 0 Å². The number of carboxylic acid groups (broad SMARTS) is 1. The van der Waals surface area contributed by atoms with Crippen LogP contribution in [-0.2, 0) is 31.9 Å². The molecule has 0 aromatic carbocycles. The number of carbonyl (C=O) groups excluding carboxylic acids is 1. The number of nitrogens with zero attached hydrogens (tertiary/aromatic N) is 2. The Labute approximate surface area is 179 Å². The largest absolute Gasteiger partial charge is 0.616 e. The van der Waals surface area contributed by atoms with E-state index in [-0.39, 0.29) is 24.2 Å². The van der Waals surface area contributed by atoms with Crippen LogP contribution >= 0.6 is 0 Å². The van der Waals surface area contributed by atoms with Crippen molar-refractivity contribution >= 4 is 34.2 Å². The van der Waals surface area contributed by atoms with Crippen LogP contribution in [-0.4, -0.2) is 49.1 Å². The minimum absolute atomic E-state index is 0.0323. The number of hydrogen-bond donors (Lipinski definition) is 3. The molecule has 9 nitrogen and oxygen atoms in total. The molecule has 0 aliphatic heterocycles. The lowest BCUT2D eigenvalue weighted by atomic mass is 9.86. The van der Waals surface area contributed by atoms with Gasteiger partial charge < -0.3 is 19.9 Å². The number of carboxylic acids is 1. The quantitative estimate of drug-likeness (QED) is 0.213. The summed E-state index contributed by atoms with van der Waals surface area (Å²) in [5.74, 6) is 0.241. The van der Waals surface area contributed by atoms with Crippen molar-refractivity contribution in [2.24, 2.45) is 16.6 Å². The monoisotopic (exact) mass is 448 g/mol. The van der Waals surface area contributed by atoms with E-state index in [1.807, 2.05) is 27.7 Å². The standard InChI is InChI=1S/C17H30N2O5S2.CH2N2/c1-16(2,11-14(20)19-13-18)5-7-25(23)9-10-26(24)8-6-17(3,4)12-15(21)22;2-1-3/h5-12H2,1-4H3,(H,19,20)(H,21,22);2H2. The molecule has 0 aliphatic carbocycles. The normalized spacial score (nSPS) is 13.1. The fraction of sp³-hybridized carbons (Fsp3) is 0.778. The average Bonchev–Trinajstić information content (AvgIpc) is 2.56. The Morgan fingerprint density at radius 1 is 0.966 bits per heavy atom. The van der Waals surface area contributed by atoms with Gasteiger partial charge in [-0.1, -0.05) is 27.7 Å². The third kappa shape index (κ3) is 19.4. The topological polar surface area (TPSA) is 186 Å². The summed E-state index contributed by atoms with van der Waals surface area (Å²) in [6.07, 6.45) is 4.17. The first-order valence-corrected chi connectivity index (χ1v) is 12.0. The van der Waals surface area contributed by atoms with E-state index in [9.17, 15) is 18.7 Å². The van der Waals surface area contributed by atoms with Crippen molar-refractivity contribution in [3.05, 3.63) is 0 Å². The fourth-order valence-electron chi connectivity index (χ4n) is 2.30. The second kappa shape index (κ2) is 15.2. The lowest BCUT2D eigenvalue weighted by Crippen LogP contribution is -2.29. The van der Waals surface area contributed by atoms with Gasteiger partial charge in [-0.25, -0.2) is 0 Å². The second-order valence-corrected chi connectivity index (χ2v) is 11.5. The highest BCUT2D eigenvalue weighted by Gasteiger charge is 2.26. The van der Waals surface area contributed by atoms with Crippen LogP contribution in [0.2, 0.25) is 0 Å². The molecule has 0 aliphatic rings. The summed E-state index contributed by atoms with van der Waals surface area (Å²) in [5, 5.41) is 26.4. The summed E-state index contributed by atoms with van der Waals surface area (Å²) in [5.41, 5.74) is 3.38. The molecule has 0 rings (SSSR count). The van der Waals surface area contributed by atoms with Gasteiger partial charge in [0.1, 0.15) is 23.0 Å². The summed E-state index contributed by atoms with van der Waals surface area (Å²) in [6.45, 7) is 7.43. The zero-order chi connectivity index (χ0) is 23.1. The summed E-state index contributed by atoms with van der Waals surface area (Å²) < 4.78 is 24.1. The fourth-order valence-corrected chi connectivity index (χ4v) is 5.75. The van der Waals surface area contributed by atoms with Crippen LogP contribution in [0.25, 0.3) is 0 Å². The molecule has 0 bridgehead atoms. The lowest BCUT2D eigenvalue weighted by Gasteiger charge is -2.24. The zero-order valence-electron chi connectivity index (χ0n) is 17.5. The molecule has 0 heterocycles. The van der Waals surface area contributed by atoms with E-state index in [1.54, 1.807) is 6.19 Å². The highest BCUT2D eigenvalue weighted by molar-refractivity contribution is 7.95. The molecule has 0 spiro atoms. The Balaban J connectivity index is 0. The molecule has 2 unspecified atom stereocenters. The van der Waals surface area contributed by atoms with Gasteiger partial charge in [-0.2, -0.15) is 10.5 Å². The third-order valence-electron chi connectivity index (χ3n) is 4.02. The predicted octanol–water partition coefficient (Wildman–Crippen LogP) is 1.20. The molecule has 0 aromatic heterocycles. The molecule has 0 fully saturated rings. The highest BCUT2D eigenvalue weighted by Crippen LogP contribution is 2.27. The molecular formula is C18H32N4O5S2. The first kappa shape index (κ1) is 29.5. The molecule has 0 saturated carbocycles. The Morgan fingerprint density at radius 3 is 1.69 bits per heavy atom. The van der Waals surface area contributed by atoms with Gasteiger partial charge >= 0.3 is 5.97 Å².